The first-order chi connectivity index (χ1) is 5.27. The van der Waals surface area contributed by atoms with Gasteiger partial charge >= 0.3 is 0 Å². The molecule has 2 aliphatic rings. The topological polar surface area (TPSA) is 52.5 Å². The van der Waals surface area contributed by atoms with Crippen LogP contribution in [0.3, 0.4) is 0 Å². The van der Waals surface area contributed by atoms with Crippen molar-refractivity contribution in [3.63, 3.8) is 0 Å². The molecule has 0 aromatic carbocycles. The minimum atomic E-state index is -0.476. The van der Waals surface area contributed by atoms with Crippen LogP contribution in [0.1, 0.15) is 12.8 Å². The molecule has 0 radical (unpaired) electrons. The minimum absolute atomic E-state index is 0.476. The Labute approximate surface area is 66.4 Å². The lowest BCUT2D eigenvalue weighted by molar-refractivity contribution is -0.0372. The zero-order chi connectivity index (χ0) is 7.84. The quantitative estimate of drug-likeness (QED) is 0.437. The molecule has 1 aliphatic heterocycles. The molecule has 0 amide bonds. The number of aliphatic hydroxyl groups is 2. The van der Waals surface area contributed by atoms with Gasteiger partial charge in [0.1, 0.15) is 0 Å². The van der Waals surface area contributed by atoms with E-state index >= 15 is 0 Å². The van der Waals surface area contributed by atoms with Crippen LogP contribution in [0.5, 0.6) is 0 Å². The molecule has 1 aliphatic carbocycles. The van der Waals surface area contributed by atoms with Crippen LogP contribution in [-0.2, 0) is 0 Å². The third-order valence-corrected chi connectivity index (χ3v) is 3.01. The summed E-state index contributed by atoms with van der Waals surface area (Å²) >= 11 is 0. The third-order valence-electron chi connectivity index (χ3n) is 3.01. The van der Waals surface area contributed by atoms with E-state index in [2.05, 4.69) is 5.32 Å². The van der Waals surface area contributed by atoms with Crippen molar-refractivity contribution < 1.29 is 10.2 Å². The molecule has 0 bridgehead atoms. The summed E-state index contributed by atoms with van der Waals surface area (Å²) in [6.45, 7) is 2.04. The van der Waals surface area contributed by atoms with Crippen molar-refractivity contribution in [2.45, 2.75) is 25.0 Å². The highest BCUT2D eigenvalue weighted by molar-refractivity contribution is 4.91. The summed E-state index contributed by atoms with van der Waals surface area (Å²) in [6.07, 6.45) is 0.602. The molecule has 1 saturated carbocycles. The Hall–Kier alpha value is -0.120. The maximum absolute atomic E-state index is 9.35. The van der Waals surface area contributed by atoms with Gasteiger partial charge in [0.25, 0.3) is 0 Å². The van der Waals surface area contributed by atoms with E-state index in [1.165, 1.54) is 0 Å². The van der Waals surface area contributed by atoms with E-state index in [0.29, 0.717) is 11.8 Å². The van der Waals surface area contributed by atoms with Gasteiger partial charge in [0.2, 0.25) is 0 Å². The molecule has 2 rings (SSSR count). The molecule has 4 atom stereocenters. The second kappa shape index (κ2) is 2.73. The number of aliphatic hydroxyl groups excluding tert-OH is 2. The molecule has 3 heteroatoms. The van der Waals surface area contributed by atoms with Crippen molar-refractivity contribution in [1.29, 1.82) is 0 Å². The molecule has 1 heterocycles. The third kappa shape index (κ3) is 1.28. The van der Waals surface area contributed by atoms with Crippen LogP contribution in [0, 0.1) is 11.8 Å². The van der Waals surface area contributed by atoms with Gasteiger partial charge in [-0.3, -0.25) is 0 Å². The first-order valence-electron chi connectivity index (χ1n) is 4.34. The smallest absolute Gasteiger partial charge is 0.0802 e. The van der Waals surface area contributed by atoms with Crippen molar-refractivity contribution in [3.05, 3.63) is 0 Å². The molecule has 0 unspecified atom stereocenters. The first-order valence-corrected chi connectivity index (χ1v) is 4.34. The Bertz CT molecular complexity index is 135. The Kier molecular flexibility index (Phi) is 1.87. The molecule has 3 N–H and O–H groups in total. The van der Waals surface area contributed by atoms with Crippen LogP contribution in [0.25, 0.3) is 0 Å². The SMILES string of the molecule is O[C@@H]1C[C@@H]2CNC[C@H]2C[C@@H]1O. The fourth-order valence-corrected chi connectivity index (χ4v) is 2.27. The highest BCUT2D eigenvalue weighted by atomic mass is 16.3. The minimum Gasteiger partial charge on any atom is -0.390 e. The van der Waals surface area contributed by atoms with E-state index in [1.807, 2.05) is 0 Å². The highest BCUT2D eigenvalue weighted by Crippen LogP contribution is 2.32. The van der Waals surface area contributed by atoms with E-state index in [1.54, 1.807) is 0 Å². The van der Waals surface area contributed by atoms with Crippen LogP contribution < -0.4 is 5.32 Å². The number of hydrogen-bond acceptors (Lipinski definition) is 3. The molecule has 0 spiro atoms. The van der Waals surface area contributed by atoms with Crippen molar-refractivity contribution in [1.82, 2.24) is 5.32 Å². The molecular weight excluding hydrogens is 142 g/mol. The van der Waals surface area contributed by atoms with Gasteiger partial charge in [-0.25, -0.2) is 0 Å². The number of rotatable bonds is 0. The Morgan fingerprint density at radius 1 is 0.909 bits per heavy atom. The van der Waals surface area contributed by atoms with Gasteiger partial charge in [-0.15, -0.1) is 0 Å². The fourth-order valence-electron chi connectivity index (χ4n) is 2.27. The first kappa shape index (κ1) is 7.53. The molecule has 3 nitrogen and oxygen atoms in total. The lowest BCUT2D eigenvalue weighted by Crippen LogP contribution is -2.38. The van der Waals surface area contributed by atoms with Crippen molar-refractivity contribution in [2.75, 3.05) is 13.1 Å². The van der Waals surface area contributed by atoms with Crippen LogP contribution in [-0.4, -0.2) is 35.5 Å². The summed E-state index contributed by atoms with van der Waals surface area (Å²) in [7, 11) is 0. The fraction of sp³-hybridized carbons (Fsp3) is 1.00. The van der Waals surface area contributed by atoms with Crippen LogP contribution in [0.15, 0.2) is 0 Å². The van der Waals surface area contributed by atoms with Crippen LogP contribution in [0.2, 0.25) is 0 Å². The predicted octanol–water partition coefficient (Wildman–Crippen LogP) is -0.662. The van der Waals surface area contributed by atoms with Gasteiger partial charge in [0, 0.05) is 0 Å². The zero-order valence-electron chi connectivity index (χ0n) is 6.53. The molecule has 1 saturated heterocycles. The summed E-state index contributed by atoms with van der Waals surface area (Å²) in [5, 5.41) is 22.0. The number of hydrogen-bond donors (Lipinski definition) is 3. The number of nitrogens with one attached hydrogen (secondary N) is 1. The van der Waals surface area contributed by atoms with Gasteiger partial charge in [-0.1, -0.05) is 0 Å². The van der Waals surface area contributed by atoms with Crippen molar-refractivity contribution in [2.24, 2.45) is 11.8 Å². The second-order valence-corrected chi connectivity index (χ2v) is 3.78. The largest absolute Gasteiger partial charge is 0.390 e. The lowest BCUT2D eigenvalue weighted by atomic mass is 9.79. The van der Waals surface area contributed by atoms with E-state index in [4.69, 9.17) is 0 Å². The Morgan fingerprint density at radius 2 is 1.36 bits per heavy atom. The van der Waals surface area contributed by atoms with Crippen molar-refractivity contribution in [3.8, 4) is 0 Å². The molecular formula is C8H15NO2. The van der Waals surface area contributed by atoms with Gasteiger partial charge in [0.15, 0.2) is 0 Å². The van der Waals surface area contributed by atoms with Gasteiger partial charge < -0.3 is 15.5 Å². The maximum atomic E-state index is 9.35. The van der Waals surface area contributed by atoms with E-state index in [-0.39, 0.29) is 0 Å². The molecule has 0 aromatic heterocycles. The molecule has 0 aromatic rings. The average molecular weight is 157 g/mol. The normalized spacial score (nSPS) is 50.7. The van der Waals surface area contributed by atoms with Crippen LogP contribution in [0.4, 0.5) is 0 Å². The van der Waals surface area contributed by atoms with E-state index in [0.717, 1.165) is 25.9 Å². The zero-order valence-corrected chi connectivity index (χ0v) is 6.53. The Morgan fingerprint density at radius 3 is 1.82 bits per heavy atom. The lowest BCUT2D eigenvalue weighted by Gasteiger charge is -2.32. The van der Waals surface area contributed by atoms with Gasteiger partial charge in [-0.05, 0) is 37.8 Å². The maximum Gasteiger partial charge on any atom is 0.0802 e. The summed E-state index contributed by atoms with van der Waals surface area (Å²) in [5.74, 6) is 1.21. The van der Waals surface area contributed by atoms with Crippen molar-refractivity contribution >= 4 is 0 Å². The average Bonchev–Trinajstić information content (AvgIpc) is 2.36. The second-order valence-electron chi connectivity index (χ2n) is 3.78. The standard InChI is InChI=1S/C8H15NO2/c10-7-1-5-3-9-4-6(5)2-8(7)11/h5-11H,1-4H2/t5-,6-,7-,8+/m1/s1. The highest BCUT2D eigenvalue weighted by Gasteiger charge is 2.37. The summed E-state index contributed by atoms with van der Waals surface area (Å²) < 4.78 is 0. The predicted molar refractivity (Wildman–Crippen MR) is 41.1 cm³/mol. The van der Waals surface area contributed by atoms with Crippen LogP contribution >= 0.6 is 0 Å². The Balaban J connectivity index is 2.00. The van der Waals surface area contributed by atoms with E-state index < -0.39 is 12.2 Å². The monoisotopic (exact) mass is 157 g/mol. The van der Waals surface area contributed by atoms with Gasteiger partial charge in [-0.2, -0.15) is 0 Å². The summed E-state index contributed by atoms with van der Waals surface area (Å²) in [6, 6.07) is 0. The molecule has 64 valence electrons. The summed E-state index contributed by atoms with van der Waals surface area (Å²) in [4.78, 5) is 0. The summed E-state index contributed by atoms with van der Waals surface area (Å²) in [5.41, 5.74) is 0. The molecule has 2 fully saturated rings. The van der Waals surface area contributed by atoms with E-state index in [9.17, 15) is 10.2 Å². The number of fused-ring (bicyclic) bond motifs is 1. The molecule has 11 heavy (non-hydrogen) atoms. The van der Waals surface area contributed by atoms with Gasteiger partial charge in [0.05, 0.1) is 12.2 Å².